The number of carbonyl (C=O) groups excluding carboxylic acids is 2. The standard InChI is InChI=1S/C21H25N3O4S/c1-24-11-8-19(23-24)22-20(26)18(13-14-2-7-17(25)12-14)15-3-5-16(6-4-15)21(9-10-21)29(27)28/h3-6,8,11,14,18H,2,7,9-10,12-13H2,1H3,(H,27,28)(H,22,23,26)/p-1/t14-,18+/m0/s1. The molecule has 7 nitrogen and oxygen atoms in total. The molecule has 2 saturated carbocycles. The molecule has 2 aliphatic carbocycles. The van der Waals surface area contributed by atoms with Crippen LogP contribution in [0.5, 0.6) is 0 Å². The number of benzene rings is 1. The van der Waals surface area contributed by atoms with Crippen molar-refractivity contribution in [1.29, 1.82) is 0 Å². The number of nitrogens with zero attached hydrogens (tertiary/aromatic N) is 2. The number of hydrogen-bond acceptors (Lipinski definition) is 5. The Labute approximate surface area is 172 Å². The van der Waals surface area contributed by atoms with Gasteiger partial charge in [-0.2, -0.15) is 5.10 Å². The van der Waals surface area contributed by atoms with Crippen LogP contribution in [0.2, 0.25) is 0 Å². The van der Waals surface area contributed by atoms with E-state index in [1.54, 1.807) is 24.0 Å². The SMILES string of the molecule is Cn1ccc(NC(=O)[C@H](C[C@H]2CCC(=O)C2)c2ccc(C3(S(=O)[O-])CC3)cc2)n1. The minimum Gasteiger partial charge on any atom is -0.772 e. The first kappa shape index (κ1) is 20.0. The maximum atomic E-state index is 13.1. The van der Waals surface area contributed by atoms with Gasteiger partial charge in [0.15, 0.2) is 5.82 Å². The monoisotopic (exact) mass is 414 g/mol. The first-order valence-electron chi connectivity index (χ1n) is 9.89. The van der Waals surface area contributed by atoms with E-state index in [4.69, 9.17) is 0 Å². The van der Waals surface area contributed by atoms with Gasteiger partial charge in [0.05, 0.1) is 10.7 Å². The molecule has 3 atom stereocenters. The molecule has 1 amide bonds. The molecule has 1 aromatic heterocycles. The molecule has 0 radical (unpaired) electrons. The van der Waals surface area contributed by atoms with Crippen LogP contribution in [0, 0.1) is 5.92 Å². The fourth-order valence-electron chi connectivity index (χ4n) is 4.20. The van der Waals surface area contributed by atoms with Crippen LogP contribution < -0.4 is 5.32 Å². The summed E-state index contributed by atoms with van der Waals surface area (Å²) in [5.74, 6) is 0.341. The number of carbonyl (C=O) groups is 2. The van der Waals surface area contributed by atoms with Gasteiger partial charge in [-0.3, -0.25) is 18.5 Å². The summed E-state index contributed by atoms with van der Waals surface area (Å²) in [6.45, 7) is 0. The van der Waals surface area contributed by atoms with Crippen molar-refractivity contribution in [3.8, 4) is 0 Å². The van der Waals surface area contributed by atoms with Crippen LogP contribution in [-0.2, 0) is 32.5 Å². The Bertz CT molecular complexity index is 949. The zero-order valence-electron chi connectivity index (χ0n) is 16.3. The maximum Gasteiger partial charge on any atom is 0.233 e. The second kappa shape index (κ2) is 7.84. The zero-order valence-corrected chi connectivity index (χ0v) is 17.1. The van der Waals surface area contributed by atoms with Crippen LogP contribution in [-0.4, -0.2) is 30.2 Å². The van der Waals surface area contributed by atoms with Gasteiger partial charge in [-0.15, -0.1) is 0 Å². The summed E-state index contributed by atoms with van der Waals surface area (Å²) in [7, 11) is 1.78. The number of Topliss-reactive ketones (excluding diaryl/α,β-unsaturated/α-hetero) is 1. The fraction of sp³-hybridized carbons (Fsp3) is 0.476. The normalized spacial score (nSPS) is 22.3. The predicted octanol–water partition coefficient (Wildman–Crippen LogP) is 2.77. The lowest BCUT2D eigenvalue weighted by molar-refractivity contribution is -0.119. The Morgan fingerprint density at radius 1 is 1.34 bits per heavy atom. The van der Waals surface area contributed by atoms with E-state index in [1.807, 2.05) is 24.3 Å². The van der Waals surface area contributed by atoms with Crippen LogP contribution in [0.15, 0.2) is 36.5 Å². The second-order valence-corrected chi connectivity index (χ2v) is 9.40. The van der Waals surface area contributed by atoms with Crippen LogP contribution in [0.25, 0.3) is 0 Å². The summed E-state index contributed by atoms with van der Waals surface area (Å²) in [5, 5.41) is 7.07. The summed E-state index contributed by atoms with van der Waals surface area (Å²) in [5.41, 5.74) is 1.60. The molecule has 1 aromatic carbocycles. The molecular formula is C21H24N3O4S-. The maximum absolute atomic E-state index is 13.1. The number of hydrogen-bond donors (Lipinski definition) is 1. The predicted molar refractivity (Wildman–Crippen MR) is 108 cm³/mol. The minimum atomic E-state index is -2.15. The van der Waals surface area contributed by atoms with Crippen molar-refractivity contribution >= 4 is 28.6 Å². The van der Waals surface area contributed by atoms with Gasteiger partial charge in [0.1, 0.15) is 5.78 Å². The number of ketones is 1. The summed E-state index contributed by atoms with van der Waals surface area (Å²) in [6, 6.07) is 9.07. The van der Waals surface area contributed by atoms with Gasteiger partial charge in [0, 0.05) is 32.2 Å². The molecule has 2 aliphatic rings. The van der Waals surface area contributed by atoms with Gasteiger partial charge in [-0.1, -0.05) is 24.3 Å². The Morgan fingerprint density at radius 3 is 2.59 bits per heavy atom. The van der Waals surface area contributed by atoms with E-state index in [0.29, 0.717) is 37.9 Å². The van der Waals surface area contributed by atoms with Crippen molar-refractivity contribution in [3.05, 3.63) is 47.7 Å². The second-order valence-electron chi connectivity index (χ2n) is 8.15. The lowest BCUT2D eigenvalue weighted by atomic mass is 9.86. The fourth-order valence-corrected chi connectivity index (χ4v) is 4.96. The van der Waals surface area contributed by atoms with Gasteiger partial charge in [0.25, 0.3) is 0 Å². The zero-order chi connectivity index (χ0) is 20.6. The van der Waals surface area contributed by atoms with E-state index in [-0.39, 0.29) is 17.6 Å². The average Bonchev–Trinajstić information content (AvgIpc) is 3.27. The van der Waals surface area contributed by atoms with Gasteiger partial charge in [-0.25, -0.2) is 0 Å². The molecule has 2 fully saturated rings. The van der Waals surface area contributed by atoms with Crippen LogP contribution in [0.1, 0.15) is 55.6 Å². The van der Waals surface area contributed by atoms with Crippen molar-refractivity contribution in [1.82, 2.24) is 9.78 Å². The third-order valence-electron chi connectivity index (χ3n) is 6.06. The Hall–Kier alpha value is -2.32. The first-order valence-corrected chi connectivity index (χ1v) is 11.0. The number of aromatic nitrogens is 2. The quantitative estimate of drug-likeness (QED) is 0.702. The van der Waals surface area contributed by atoms with Crippen molar-refractivity contribution in [2.75, 3.05) is 5.32 Å². The minimum absolute atomic E-state index is 0.163. The van der Waals surface area contributed by atoms with Gasteiger partial charge in [-0.05, 0) is 53.8 Å². The smallest absolute Gasteiger partial charge is 0.233 e. The molecule has 2 aromatic rings. The molecular weight excluding hydrogens is 390 g/mol. The third kappa shape index (κ3) is 4.18. The van der Waals surface area contributed by atoms with Gasteiger partial charge >= 0.3 is 0 Å². The van der Waals surface area contributed by atoms with E-state index in [0.717, 1.165) is 17.5 Å². The highest BCUT2D eigenvalue weighted by molar-refractivity contribution is 7.80. The van der Waals surface area contributed by atoms with E-state index < -0.39 is 21.7 Å². The largest absolute Gasteiger partial charge is 0.772 e. The molecule has 1 unspecified atom stereocenters. The van der Waals surface area contributed by atoms with Gasteiger partial charge < -0.3 is 9.87 Å². The number of anilines is 1. The Balaban J connectivity index is 1.56. The molecule has 4 rings (SSSR count). The van der Waals surface area contributed by atoms with E-state index >= 15 is 0 Å². The Kier molecular flexibility index (Phi) is 5.40. The highest BCUT2D eigenvalue weighted by Crippen LogP contribution is 2.50. The summed E-state index contributed by atoms with van der Waals surface area (Å²) >= 11 is -2.15. The molecule has 1 heterocycles. The van der Waals surface area contributed by atoms with Crippen LogP contribution in [0.4, 0.5) is 5.82 Å². The average molecular weight is 415 g/mol. The lowest BCUT2D eigenvalue weighted by Crippen LogP contribution is -2.24. The third-order valence-corrected chi connectivity index (χ3v) is 7.34. The van der Waals surface area contributed by atoms with Crippen molar-refractivity contribution in [2.45, 2.75) is 49.2 Å². The van der Waals surface area contributed by atoms with Crippen molar-refractivity contribution < 1.29 is 18.4 Å². The topological polar surface area (TPSA) is 104 Å². The molecule has 1 N–H and O–H groups in total. The highest BCUT2D eigenvalue weighted by atomic mass is 32.2. The van der Waals surface area contributed by atoms with Crippen LogP contribution >= 0.6 is 0 Å². The van der Waals surface area contributed by atoms with Crippen molar-refractivity contribution in [2.24, 2.45) is 13.0 Å². The van der Waals surface area contributed by atoms with E-state index in [1.165, 1.54) is 0 Å². The first-order chi connectivity index (χ1) is 13.9. The summed E-state index contributed by atoms with van der Waals surface area (Å²) in [6.07, 6.45) is 5.52. The van der Waals surface area contributed by atoms with Crippen molar-refractivity contribution in [3.63, 3.8) is 0 Å². The molecule has 0 bridgehead atoms. The number of amides is 1. The summed E-state index contributed by atoms with van der Waals surface area (Å²) in [4.78, 5) is 24.7. The summed E-state index contributed by atoms with van der Waals surface area (Å²) < 4.78 is 24.0. The highest BCUT2D eigenvalue weighted by Gasteiger charge is 2.46. The number of aryl methyl sites for hydroxylation is 1. The molecule has 154 valence electrons. The van der Waals surface area contributed by atoms with Gasteiger partial charge in [0.2, 0.25) is 5.91 Å². The molecule has 0 aliphatic heterocycles. The Morgan fingerprint density at radius 2 is 2.07 bits per heavy atom. The van der Waals surface area contributed by atoms with E-state index in [2.05, 4.69) is 10.4 Å². The van der Waals surface area contributed by atoms with E-state index in [9.17, 15) is 18.4 Å². The molecule has 0 saturated heterocycles. The number of rotatable bonds is 7. The molecule has 8 heteroatoms. The van der Waals surface area contributed by atoms with Crippen LogP contribution in [0.3, 0.4) is 0 Å². The molecule has 29 heavy (non-hydrogen) atoms. The number of nitrogens with one attached hydrogen (secondary N) is 1. The molecule has 0 spiro atoms. The lowest BCUT2D eigenvalue weighted by Gasteiger charge is -2.22.